The maximum Gasteiger partial charge on any atom is 0.124 e. The van der Waals surface area contributed by atoms with Crippen LogP contribution in [0.15, 0.2) is 21.5 Å². The zero-order valence-corrected chi connectivity index (χ0v) is 9.17. The summed E-state index contributed by atoms with van der Waals surface area (Å²) in [5.74, 6) is 1.05. The Labute approximate surface area is 84.6 Å². The molecule has 0 radical (unpaired) electrons. The van der Waals surface area contributed by atoms with Gasteiger partial charge in [0.2, 0.25) is 0 Å². The van der Waals surface area contributed by atoms with Crippen LogP contribution in [0.2, 0.25) is 0 Å². The van der Waals surface area contributed by atoms with Crippen molar-refractivity contribution in [3.63, 3.8) is 0 Å². The van der Waals surface area contributed by atoms with Gasteiger partial charge in [0, 0.05) is 21.4 Å². The number of fused-ring (bicyclic) bond motifs is 1. The number of ether oxygens (including phenoxy) is 1. The molecule has 64 valence electrons. The number of rotatable bonds is 1. The molecule has 1 aliphatic rings. The fourth-order valence-corrected chi connectivity index (χ4v) is 2.69. The van der Waals surface area contributed by atoms with E-state index in [-0.39, 0.29) is 0 Å². The van der Waals surface area contributed by atoms with E-state index in [9.17, 15) is 0 Å². The van der Waals surface area contributed by atoms with E-state index >= 15 is 0 Å². The molecule has 0 fully saturated rings. The summed E-state index contributed by atoms with van der Waals surface area (Å²) in [6.45, 7) is 0.833. The molecule has 12 heavy (non-hydrogen) atoms. The number of hydrogen-bond acceptors (Lipinski definition) is 2. The molecule has 3 heteroatoms. The highest BCUT2D eigenvalue weighted by atomic mass is 79.9. The lowest BCUT2D eigenvalue weighted by molar-refractivity contribution is 0.356. The van der Waals surface area contributed by atoms with Crippen LogP contribution in [0.4, 0.5) is 0 Å². The van der Waals surface area contributed by atoms with Crippen molar-refractivity contribution in [1.29, 1.82) is 0 Å². The van der Waals surface area contributed by atoms with E-state index in [4.69, 9.17) is 4.74 Å². The van der Waals surface area contributed by atoms with Crippen LogP contribution in [-0.2, 0) is 6.42 Å². The molecule has 1 aromatic carbocycles. The fraction of sp³-hybridized carbons (Fsp3) is 0.333. The van der Waals surface area contributed by atoms with Gasteiger partial charge in [-0.05, 0) is 18.4 Å². The minimum absolute atomic E-state index is 0.833. The van der Waals surface area contributed by atoms with Gasteiger partial charge >= 0.3 is 0 Å². The van der Waals surface area contributed by atoms with Crippen LogP contribution in [0, 0.1) is 0 Å². The molecule has 1 heterocycles. The Morgan fingerprint density at radius 3 is 3.08 bits per heavy atom. The first-order valence-electron chi connectivity index (χ1n) is 3.80. The molecule has 0 bridgehead atoms. The molecule has 0 saturated heterocycles. The Morgan fingerprint density at radius 2 is 2.33 bits per heavy atom. The van der Waals surface area contributed by atoms with E-state index in [1.165, 1.54) is 10.5 Å². The molecule has 0 aliphatic carbocycles. The lowest BCUT2D eigenvalue weighted by Gasteiger charge is -2.04. The van der Waals surface area contributed by atoms with Gasteiger partial charge in [0.25, 0.3) is 0 Å². The van der Waals surface area contributed by atoms with Gasteiger partial charge in [0.1, 0.15) is 5.75 Å². The quantitative estimate of drug-likeness (QED) is 0.703. The average molecular weight is 245 g/mol. The molecule has 0 aromatic heterocycles. The minimum atomic E-state index is 0.833. The summed E-state index contributed by atoms with van der Waals surface area (Å²) in [7, 11) is 0. The van der Waals surface area contributed by atoms with Crippen molar-refractivity contribution in [3.8, 4) is 5.75 Å². The summed E-state index contributed by atoms with van der Waals surface area (Å²) in [4.78, 5) is 1.33. The van der Waals surface area contributed by atoms with Gasteiger partial charge in [0.05, 0.1) is 6.61 Å². The smallest absolute Gasteiger partial charge is 0.124 e. The molecule has 0 atom stereocenters. The van der Waals surface area contributed by atoms with Crippen molar-refractivity contribution >= 4 is 27.7 Å². The largest absolute Gasteiger partial charge is 0.493 e. The van der Waals surface area contributed by atoms with Crippen LogP contribution in [0.3, 0.4) is 0 Å². The molecular formula is C9H9BrOS. The van der Waals surface area contributed by atoms with E-state index in [0.29, 0.717) is 0 Å². The van der Waals surface area contributed by atoms with E-state index in [0.717, 1.165) is 23.2 Å². The van der Waals surface area contributed by atoms with Crippen LogP contribution < -0.4 is 4.74 Å². The molecule has 0 saturated carbocycles. The number of benzene rings is 1. The molecule has 1 aliphatic heterocycles. The van der Waals surface area contributed by atoms with Gasteiger partial charge in [0.15, 0.2) is 0 Å². The SMILES string of the molecule is CSc1cc(Br)cc2c1CCO2. The average Bonchev–Trinajstić information content (AvgIpc) is 2.50. The molecular weight excluding hydrogens is 236 g/mol. The van der Waals surface area contributed by atoms with Crippen LogP contribution >= 0.6 is 27.7 Å². The van der Waals surface area contributed by atoms with Crippen molar-refractivity contribution in [3.05, 3.63) is 22.2 Å². The van der Waals surface area contributed by atoms with Gasteiger partial charge in [-0.2, -0.15) is 0 Å². The Kier molecular flexibility index (Phi) is 2.33. The third-order valence-electron chi connectivity index (χ3n) is 1.96. The van der Waals surface area contributed by atoms with Gasteiger partial charge in [-0.25, -0.2) is 0 Å². The van der Waals surface area contributed by atoms with Crippen LogP contribution in [0.1, 0.15) is 5.56 Å². The summed E-state index contributed by atoms with van der Waals surface area (Å²) in [5, 5.41) is 0. The van der Waals surface area contributed by atoms with Gasteiger partial charge < -0.3 is 4.74 Å². The molecule has 0 unspecified atom stereocenters. The first-order valence-corrected chi connectivity index (χ1v) is 5.82. The number of hydrogen-bond donors (Lipinski definition) is 0. The number of thioether (sulfide) groups is 1. The maximum atomic E-state index is 5.48. The van der Waals surface area contributed by atoms with Gasteiger partial charge in [-0.1, -0.05) is 15.9 Å². The predicted molar refractivity (Wildman–Crippen MR) is 55.1 cm³/mol. The molecule has 2 rings (SSSR count). The van der Waals surface area contributed by atoms with Gasteiger partial charge in [-0.15, -0.1) is 11.8 Å². The lowest BCUT2D eigenvalue weighted by atomic mass is 10.2. The fourth-order valence-electron chi connectivity index (χ4n) is 1.41. The zero-order valence-electron chi connectivity index (χ0n) is 6.76. The van der Waals surface area contributed by atoms with Crippen molar-refractivity contribution in [2.75, 3.05) is 12.9 Å². The van der Waals surface area contributed by atoms with Gasteiger partial charge in [-0.3, -0.25) is 0 Å². The Hall–Kier alpha value is -0.150. The second kappa shape index (κ2) is 3.30. The molecule has 1 nitrogen and oxygen atoms in total. The maximum absolute atomic E-state index is 5.48. The summed E-state index contributed by atoms with van der Waals surface area (Å²) < 4.78 is 6.58. The van der Waals surface area contributed by atoms with E-state index in [1.54, 1.807) is 11.8 Å². The zero-order chi connectivity index (χ0) is 8.55. The van der Waals surface area contributed by atoms with Crippen molar-refractivity contribution in [2.24, 2.45) is 0 Å². The first kappa shape index (κ1) is 8.45. The summed E-state index contributed by atoms with van der Waals surface area (Å²) >= 11 is 5.24. The Bertz CT molecular complexity index is 312. The van der Waals surface area contributed by atoms with Crippen molar-refractivity contribution < 1.29 is 4.74 Å². The highest BCUT2D eigenvalue weighted by Crippen LogP contribution is 2.36. The topological polar surface area (TPSA) is 9.23 Å². The Morgan fingerprint density at radius 1 is 1.50 bits per heavy atom. The summed E-state index contributed by atoms with van der Waals surface area (Å²) in [5.41, 5.74) is 1.37. The number of halogens is 1. The molecule has 0 amide bonds. The third-order valence-corrected chi connectivity index (χ3v) is 3.22. The normalized spacial score (nSPS) is 14.2. The van der Waals surface area contributed by atoms with Crippen LogP contribution in [0.5, 0.6) is 5.75 Å². The van der Waals surface area contributed by atoms with Crippen molar-refractivity contribution in [1.82, 2.24) is 0 Å². The Balaban J connectivity index is 2.55. The predicted octanol–water partition coefficient (Wildman–Crippen LogP) is 3.11. The highest BCUT2D eigenvalue weighted by molar-refractivity contribution is 9.10. The molecule has 0 spiro atoms. The summed E-state index contributed by atoms with van der Waals surface area (Å²) in [6.07, 6.45) is 3.15. The molecule has 0 N–H and O–H groups in total. The second-order valence-corrected chi connectivity index (χ2v) is 4.45. The van der Waals surface area contributed by atoms with E-state index in [2.05, 4.69) is 28.3 Å². The third kappa shape index (κ3) is 1.36. The van der Waals surface area contributed by atoms with Crippen LogP contribution in [0.25, 0.3) is 0 Å². The van der Waals surface area contributed by atoms with E-state index in [1.807, 2.05) is 6.07 Å². The monoisotopic (exact) mass is 244 g/mol. The van der Waals surface area contributed by atoms with Crippen LogP contribution in [-0.4, -0.2) is 12.9 Å². The summed E-state index contributed by atoms with van der Waals surface area (Å²) in [6, 6.07) is 4.19. The first-order chi connectivity index (χ1) is 5.81. The van der Waals surface area contributed by atoms with Crippen molar-refractivity contribution in [2.45, 2.75) is 11.3 Å². The highest BCUT2D eigenvalue weighted by Gasteiger charge is 2.16. The lowest BCUT2D eigenvalue weighted by Crippen LogP contribution is -1.86. The minimum Gasteiger partial charge on any atom is -0.493 e. The van der Waals surface area contributed by atoms with E-state index < -0.39 is 0 Å². The second-order valence-electron chi connectivity index (χ2n) is 2.68. The standard InChI is InChI=1S/C9H9BrOS/c1-12-9-5-6(10)4-8-7(9)2-3-11-8/h4-5H,2-3H2,1H3. The molecule has 1 aromatic rings.